The lowest BCUT2D eigenvalue weighted by molar-refractivity contribution is -0.128. The summed E-state index contributed by atoms with van der Waals surface area (Å²) in [7, 11) is 0. The molecule has 2 amide bonds. The number of nitrogens with one attached hydrogen (secondary N) is 2. The van der Waals surface area contributed by atoms with Gasteiger partial charge >= 0.3 is 0 Å². The summed E-state index contributed by atoms with van der Waals surface area (Å²) in [5.74, 6) is 1.16. The summed E-state index contributed by atoms with van der Waals surface area (Å²) < 4.78 is 6.93. The van der Waals surface area contributed by atoms with Gasteiger partial charge in [0.05, 0.1) is 1.37 Å². The van der Waals surface area contributed by atoms with Gasteiger partial charge in [-0.25, -0.2) is 0 Å². The molecule has 4 heteroatoms. The Morgan fingerprint density at radius 1 is 1.25 bits per heavy atom. The highest BCUT2D eigenvalue weighted by Crippen LogP contribution is 2.44. The number of carbonyl (C=O) groups is 2. The maximum atomic E-state index is 12.5. The monoisotopic (exact) mass is 279 g/mol. The minimum absolute atomic E-state index is 0.0702. The molecular formula is C16H26N2O2. The standard InChI is InChI=1S/C16H26N2O2/c1-4-14(19)17-13(9-10(2)3)16(20)18-15(11-5-6-11)12-7-8-12/h4,10-13,15H,1,5-9H2,2-3H3,(H,17,19)(H,18,20)/t13-/m0/s1/i1D. The number of carbonyl (C=O) groups excluding carboxylic acids is 2. The van der Waals surface area contributed by atoms with Crippen molar-refractivity contribution in [1.29, 1.82) is 0 Å². The summed E-state index contributed by atoms with van der Waals surface area (Å²) in [4.78, 5) is 24.1. The van der Waals surface area contributed by atoms with Crippen LogP contribution in [0.25, 0.3) is 0 Å². The molecule has 0 heterocycles. The molecular weight excluding hydrogens is 252 g/mol. The molecule has 0 aromatic rings. The van der Waals surface area contributed by atoms with Crippen molar-refractivity contribution in [3.8, 4) is 0 Å². The first-order chi connectivity index (χ1) is 10.0. The second-order valence-corrected chi connectivity index (χ2v) is 6.57. The SMILES string of the molecule is [2H]C=CC(=O)N[C@@H](CC(C)C)C(=O)NC(C1CC1)C1CC1. The van der Waals surface area contributed by atoms with E-state index in [2.05, 4.69) is 10.6 Å². The van der Waals surface area contributed by atoms with Crippen LogP contribution in [-0.2, 0) is 9.59 Å². The van der Waals surface area contributed by atoms with Gasteiger partial charge in [0.1, 0.15) is 6.04 Å². The highest BCUT2D eigenvalue weighted by molar-refractivity contribution is 5.92. The minimum atomic E-state index is -0.506. The molecule has 2 N–H and O–H groups in total. The smallest absolute Gasteiger partial charge is 0.244 e. The zero-order valence-electron chi connectivity index (χ0n) is 13.4. The Balaban J connectivity index is 1.93. The van der Waals surface area contributed by atoms with Crippen molar-refractivity contribution in [2.75, 3.05) is 0 Å². The summed E-state index contributed by atoms with van der Waals surface area (Å²) in [6.45, 7) is 5.01. The van der Waals surface area contributed by atoms with Gasteiger partial charge < -0.3 is 10.6 Å². The fourth-order valence-electron chi connectivity index (χ4n) is 2.72. The first-order valence-electron chi connectivity index (χ1n) is 8.24. The van der Waals surface area contributed by atoms with E-state index in [1.54, 1.807) is 0 Å². The first-order valence-corrected chi connectivity index (χ1v) is 7.67. The lowest BCUT2D eigenvalue weighted by Gasteiger charge is -2.24. The summed E-state index contributed by atoms with van der Waals surface area (Å²) in [6, 6.07) is -0.204. The average molecular weight is 279 g/mol. The van der Waals surface area contributed by atoms with Crippen molar-refractivity contribution in [1.82, 2.24) is 10.6 Å². The van der Waals surface area contributed by atoms with Crippen LogP contribution in [0.1, 0.15) is 47.3 Å². The van der Waals surface area contributed by atoms with Crippen LogP contribution in [0, 0.1) is 17.8 Å². The molecule has 0 aromatic carbocycles. The lowest BCUT2D eigenvalue weighted by Crippen LogP contribution is -2.51. The van der Waals surface area contributed by atoms with E-state index in [-0.39, 0.29) is 11.8 Å². The average Bonchev–Trinajstić information content (AvgIpc) is 3.27. The molecule has 2 rings (SSSR count). The minimum Gasteiger partial charge on any atom is -0.351 e. The van der Waals surface area contributed by atoms with Crippen LogP contribution in [0.2, 0.25) is 0 Å². The Kier molecular flexibility index (Phi) is 4.38. The van der Waals surface area contributed by atoms with Gasteiger partial charge in [0, 0.05) is 6.04 Å². The third-order valence-electron chi connectivity index (χ3n) is 4.06. The number of hydrogen-bond donors (Lipinski definition) is 2. The molecule has 0 spiro atoms. The molecule has 20 heavy (non-hydrogen) atoms. The second kappa shape index (κ2) is 6.42. The predicted molar refractivity (Wildman–Crippen MR) is 79.0 cm³/mol. The third-order valence-corrected chi connectivity index (χ3v) is 4.06. The van der Waals surface area contributed by atoms with Crippen molar-refractivity contribution in [2.24, 2.45) is 17.8 Å². The van der Waals surface area contributed by atoms with E-state index in [0.29, 0.717) is 30.2 Å². The molecule has 0 aliphatic heterocycles. The number of hydrogen-bond acceptors (Lipinski definition) is 2. The first kappa shape index (κ1) is 13.7. The van der Waals surface area contributed by atoms with Crippen molar-refractivity contribution < 1.29 is 11.0 Å². The highest BCUT2D eigenvalue weighted by Gasteiger charge is 2.42. The van der Waals surface area contributed by atoms with Crippen LogP contribution in [0.15, 0.2) is 12.6 Å². The molecule has 0 bridgehead atoms. The van der Waals surface area contributed by atoms with Crippen molar-refractivity contribution in [3.05, 3.63) is 12.6 Å². The van der Waals surface area contributed by atoms with E-state index in [4.69, 9.17) is 1.37 Å². The Labute approximate surface area is 122 Å². The molecule has 0 radical (unpaired) electrons. The Hall–Kier alpha value is -1.32. The van der Waals surface area contributed by atoms with Crippen molar-refractivity contribution in [2.45, 2.75) is 58.0 Å². The van der Waals surface area contributed by atoms with E-state index in [9.17, 15) is 9.59 Å². The third kappa shape index (κ3) is 4.36. The van der Waals surface area contributed by atoms with Crippen LogP contribution in [0.3, 0.4) is 0 Å². The van der Waals surface area contributed by atoms with Crippen LogP contribution < -0.4 is 10.6 Å². The van der Waals surface area contributed by atoms with E-state index in [1.165, 1.54) is 25.7 Å². The van der Waals surface area contributed by atoms with Gasteiger partial charge in [-0.1, -0.05) is 20.4 Å². The maximum absolute atomic E-state index is 12.5. The van der Waals surface area contributed by atoms with E-state index in [0.717, 1.165) is 12.6 Å². The quantitative estimate of drug-likeness (QED) is 0.668. The second-order valence-electron chi connectivity index (χ2n) is 6.57. The summed E-state index contributed by atoms with van der Waals surface area (Å²) in [6.07, 6.45) is 6.61. The van der Waals surface area contributed by atoms with Gasteiger partial charge in [0.25, 0.3) is 0 Å². The van der Waals surface area contributed by atoms with Gasteiger partial charge in [0.15, 0.2) is 0 Å². The Bertz CT molecular complexity index is 403. The van der Waals surface area contributed by atoms with E-state index < -0.39 is 6.04 Å². The highest BCUT2D eigenvalue weighted by atomic mass is 16.2. The van der Waals surface area contributed by atoms with E-state index in [1.807, 2.05) is 13.8 Å². The Morgan fingerprint density at radius 2 is 1.85 bits per heavy atom. The van der Waals surface area contributed by atoms with Crippen LogP contribution >= 0.6 is 0 Å². The number of rotatable bonds is 8. The molecule has 112 valence electrons. The molecule has 0 saturated heterocycles. The van der Waals surface area contributed by atoms with Crippen molar-refractivity contribution in [3.63, 3.8) is 0 Å². The maximum Gasteiger partial charge on any atom is 0.244 e. The molecule has 0 aromatic heterocycles. The zero-order valence-corrected chi connectivity index (χ0v) is 12.4. The fraction of sp³-hybridized carbons (Fsp3) is 0.750. The molecule has 2 fully saturated rings. The molecule has 1 atom stereocenters. The molecule has 0 unspecified atom stereocenters. The Morgan fingerprint density at radius 3 is 2.30 bits per heavy atom. The summed E-state index contributed by atoms with van der Waals surface area (Å²) >= 11 is 0. The predicted octanol–water partition coefficient (Wildman–Crippen LogP) is 2.01. The van der Waals surface area contributed by atoms with Gasteiger partial charge in [-0.05, 0) is 55.9 Å². The largest absolute Gasteiger partial charge is 0.351 e. The van der Waals surface area contributed by atoms with Gasteiger partial charge in [0.2, 0.25) is 11.8 Å². The zero-order chi connectivity index (χ0) is 15.4. The number of amides is 2. The summed E-state index contributed by atoms with van der Waals surface area (Å²) in [5.41, 5.74) is 0. The molecule has 2 aliphatic rings. The van der Waals surface area contributed by atoms with Gasteiger partial charge in [-0.2, -0.15) is 0 Å². The topological polar surface area (TPSA) is 58.2 Å². The fourth-order valence-corrected chi connectivity index (χ4v) is 2.72. The molecule has 4 nitrogen and oxygen atoms in total. The van der Waals surface area contributed by atoms with Gasteiger partial charge in [-0.15, -0.1) is 0 Å². The van der Waals surface area contributed by atoms with Crippen LogP contribution in [-0.4, -0.2) is 23.9 Å². The summed E-state index contributed by atoms with van der Waals surface area (Å²) in [5, 5.41) is 5.88. The van der Waals surface area contributed by atoms with Crippen molar-refractivity contribution >= 4 is 11.8 Å². The van der Waals surface area contributed by atoms with Gasteiger partial charge in [-0.3, -0.25) is 9.59 Å². The lowest BCUT2D eigenvalue weighted by atomic mass is 10.0. The van der Waals surface area contributed by atoms with E-state index >= 15 is 0 Å². The normalized spacial score (nSPS) is 21.1. The van der Waals surface area contributed by atoms with Crippen LogP contribution in [0.5, 0.6) is 0 Å². The van der Waals surface area contributed by atoms with Crippen LogP contribution in [0.4, 0.5) is 0 Å². The molecule has 2 aliphatic carbocycles. The molecule has 2 saturated carbocycles.